The average molecular weight is 824 g/mol. The number of aliphatic hydroxyl groups is 2. The quantitative estimate of drug-likeness (QED) is 0.125. The molecule has 0 bridgehead atoms. The zero-order valence-corrected chi connectivity index (χ0v) is 32.6. The number of pyridine rings is 1. The molecule has 2 spiro atoms. The van der Waals surface area contributed by atoms with E-state index in [0.717, 1.165) is 0 Å². The number of carbonyl (C=O) groups excluding carboxylic acids is 2. The normalized spacial score (nSPS) is 27.7. The van der Waals surface area contributed by atoms with E-state index in [1.165, 1.54) is 12.3 Å². The van der Waals surface area contributed by atoms with Crippen LogP contribution in [0.25, 0.3) is 0 Å². The van der Waals surface area contributed by atoms with Gasteiger partial charge in [0.05, 0.1) is 56.4 Å². The zero-order valence-electron chi connectivity index (χ0n) is 31.1. The molecule has 0 radical (unpaired) electrons. The van der Waals surface area contributed by atoms with Crippen LogP contribution in [0.3, 0.4) is 0 Å². The van der Waals surface area contributed by atoms with Crippen molar-refractivity contribution in [1.29, 1.82) is 0 Å². The van der Waals surface area contributed by atoms with Gasteiger partial charge in [0.15, 0.2) is 11.0 Å². The van der Waals surface area contributed by atoms with E-state index < -0.39 is 94.9 Å². The molecule has 1 unspecified atom stereocenters. The Labute approximate surface area is 338 Å². The highest BCUT2D eigenvalue weighted by Crippen LogP contribution is 2.74. The number of nitrogens with zero attached hydrogens (tertiary/aromatic N) is 2. The van der Waals surface area contributed by atoms with Gasteiger partial charge < -0.3 is 25.6 Å². The van der Waals surface area contributed by atoms with Crippen LogP contribution >= 0.6 is 23.2 Å². The summed E-state index contributed by atoms with van der Waals surface area (Å²) in [6, 6.07) is 20.7. The van der Waals surface area contributed by atoms with E-state index in [9.17, 15) is 10.2 Å². The SMILES string of the molecule is C[C@@H](O)[C@@H]1CC[C@@H](NC(=O)[C@H]2[C@H](c3ccnc(Cl)c3F)C3(C(=O)Nc4cc(Cl)ccc43)C3(CC(CF)(CF)C3)N2[C@H](c2ccccc2)[C@@H](O)c2ccccc2)CO1. The number of aliphatic hydroxyl groups excluding tert-OH is 2. The first kappa shape index (κ1) is 39.8. The summed E-state index contributed by atoms with van der Waals surface area (Å²) in [6.45, 7) is -0.441. The van der Waals surface area contributed by atoms with Crippen molar-refractivity contribution in [2.45, 2.75) is 85.9 Å². The monoisotopic (exact) mass is 822 g/mol. The van der Waals surface area contributed by atoms with Crippen LogP contribution in [0.5, 0.6) is 0 Å². The summed E-state index contributed by atoms with van der Waals surface area (Å²) in [5.74, 6) is -3.61. The van der Waals surface area contributed by atoms with Gasteiger partial charge in [0, 0.05) is 33.8 Å². The molecule has 3 fully saturated rings. The standard InChI is InChI=1S/C43H43Cl2F3N4O5/c1-24(53)32-15-13-28(19-57-32)50-39(55)36-33(29-16-17-49-38(45)34(29)48)43(30-14-12-27(44)18-31(30)51-40(43)56)42(20-41(21-42,22-46)23-47)52(36)35(25-8-4-2-5-9-25)37(54)26-10-6-3-7-11-26/h2-12,14,16-18,24,28,32-33,35-37,53-54H,13,15,19-23H2,1H3,(H,50,55)(H,51,56)/t24-,28-,32+,33+,35-,36-,37+,43?/m1/s1. The maximum Gasteiger partial charge on any atom is 0.238 e. The fourth-order valence-electron chi connectivity index (χ4n) is 10.4. The van der Waals surface area contributed by atoms with E-state index in [4.69, 9.17) is 27.9 Å². The Morgan fingerprint density at radius 2 is 1.67 bits per heavy atom. The van der Waals surface area contributed by atoms with Gasteiger partial charge in [-0.05, 0) is 73.1 Å². The lowest BCUT2D eigenvalue weighted by molar-refractivity contribution is -0.166. The highest BCUT2D eigenvalue weighted by molar-refractivity contribution is 6.31. The van der Waals surface area contributed by atoms with Gasteiger partial charge in [-0.2, -0.15) is 0 Å². The molecule has 4 heterocycles. The van der Waals surface area contributed by atoms with Crippen LogP contribution in [0, 0.1) is 11.2 Å². The molecule has 4 aromatic rings. The molecule has 3 aromatic carbocycles. The summed E-state index contributed by atoms with van der Waals surface area (Å²) in [4.78, 5) is 36.6. The smallest absolute Gasteiger partial charge is 0.238 e. The zero-order chi connectivity index (χ0) is 40.3. The van der Waals surface area contributed by atoms with Crippen molar-refractivity contribution >= 4 is 40.7 Å². The summed E-state index contributed by atoms with van der Waals surface area (Å²) in [6.07, 6.45) is -0.906. The number of alkyl halides is 2. The minimum absolute atomic E-state index is 0.0633. The largest absolute Gasteiger partial charge is 0.391 e. The summed E-state index contributed by atoms with van der Waals surface area (Å²) in [5, 5.41) is 28.8. The minimum Gasteiger partial charge on any atom is -0.391 e. The van der Waals surface area contributed by atoms with E-state index in [1.807, 2.05) is 0 Å². The Balaban J connectivity index is 1.44. The number of hydrogen-bond acceptors (Lipinski definition) is 7. The lowest BCUT2D eigenvalue weighted by atomic mass is 9.45. The number of fused-ring (bicyclic) bond motifs is 3. The third kappa shape index (κ3) is 6.26. The van der Waals surface area contributed by atoms with Crippen molar-refractivity contribution in [1.82, 2.24) is 15.2 Å². The van der Waals surface area contributed by atoms with E-state index in [0.29, 0.717) is 40.2 Å². The molecule has 3 aliphatic heterocycles. The van der Waals surface area contributed by atoms with Crippen molar-refractivity contribution in [3.8, 4) is 0 Å². The third-order valence-electron chi connectivity index (χ3n) is 12.8. The van der Waals surface area contributed by atoms with Crippen molar-refractivity contribution in [3.63, 3.8) is 0 Å². The fourth-order valence-corrected chi connectivity index (χ4v) is 10.8. The van der Waals surface area contributed by atoms with Gasteiger partial charge in [-0.3, -0.25) is 23.3 Å². The van der Waals surface area contributed by atoms with Crippen LogP contribution in [0.2, 0.25) is 10.2 Å². The topological polar surface area (TPSA) is 124 Å². The number of ether oxygens (including phenoxy) is 1. The number of nitrogens with one attached hydrogen (secondary N) is 2. The summed E-state index contributed by atoms with van der Waals surface area (Å²) in [5.41, 5.74) is -3.50. The van der Waals surface area contributed by atoms with Crippen molar-refractivity contribution in [2.75, 3.05) is 25.3 Å². The molecular formula is C43H43Cl2F3N4O5. The summed E-state index contributed by atoms with van der Waals surface area (Å²) in [7, 11) is 0. The van der Waals surface area contributed by atoms with Gasteiger partial charge in [-0.25, -0.2) is 9.37 Å². The Morgan fingerprint density at radius 3 is 2.28 bits per heavy atom. The molecule has 300 valence electrons. The molecular weight excluding hydrogens is 780 g/mol. The minimum atomic E-state index is -1.90. The summed E-state index contributed by atoms with van der Waals surface area (Å²) < 4.78 is 53.4. The van der Waals surface area contributed by atoms with E-state index in [2.05, 4.69) is 15.6 Å². The van der Waals surface area contributed by atoms with Gasteiger partial charge >= 0.3 is 0 Å². The van der Waals surface area contributed by atoms with Gasteiger partial charge in [-0.15, -0.1) is 0 Å². The highest BCUT2D eigenvalue weighted by atomic mass is 35.5. The second-order valence-electron chi connectivity index (χ2n) is 16.0. The first-order valence-corrected chi connectivity index (χ1v) is 19.9. The number of carbonyl (C=O) groups is 2. The molecule has 8 atom stereocenters. The average Bonchev–Trinajstić information content (AvgIpc) is 3.64. The number of rotatable bonds is 10. The van der Waals surface area contributed by atoms with Gasteiger partial charge in [-0.1, -0.05) is 89.9 Å². The van der Waals surface area contributed by atoms with Gasteiger partial charge in [0.1, 0.15) is 5.41 Å². The Hall–Kier alpha value is -4.04. The van der Waals surface area contributed by atoms with Crippen LogP contribution in [0.4, 0.5) is 18.9 Å². The molecule has 1 aliphatic carbocycles. The third-order valence-corrected chi connectivity index (χ3v) is 13.3. The summed E-state index contributed by atoms with van der Waals surface area (Å²) >= 11 is 12.9. The van der Waals surface area contributed by atoms with Crippen LogP contribution in [0.1, 0.15) is 72.9 Å². The van der Waals surface area contributed by atoms with Gasteiger partial charge in [0.25, 0.3) is 0 Å². The Bertz CT molecular complexity index is 2130. The predicted molar refractivity (Wildman–Crippen MR) is 209 cm³/mol. The van der Waals surface area contributed by atoms with Crippen LogP contribution < -0.4 is 10.6 Å². The first-order valence-electron chi connectivity index (χ1n) is 19.1. The molecule has 1 aromatic heterocycles. The molecule has 1 saturated carbocycles. The lowest BCUT2D eigenvalue weighted by Gasteiger charge is -2.63. The number of aromatic nitrogens is 1. The molecule has 9 nitrogen and oxygen atoms in total. The molecule has 4 aliphatic rings. The van der Waals surface area contributed by atoms with Crippen LogP contribution in [0.15, 0.2) is 91.1 Å². The second kappa shape index (κ2) is 15.3. The Kier molecular flexibility index (Phi) is 10.7. The number of hydrogen-bond donors (Lipinski definition) is 4. The highest BCUT2D eigenvalue weighted by Gasteiger charge is 2.82. The number of halogens is 5. The van der Waals surface area contributed by atoms with E-state index in [-0.39, 0.29) is 25.0 Å². The first-order chi connectivity index (χ1) is 27.4. The maximum atomic E-state index is 16.9. The predicted octanol–water partition coefficient (Wildman–Crippen LogP) is 7.16. The van der Waals surface area contributed by atoms with Crippen LogP contribution in [-0.4, -0.2) is 81.7 Å². The van der Waals surface area contributed by atoms with Crippen molar-refractivity contribution in [3.05, 3.63) is 129 Å². The molecule has 57 heavy (non-hydrogen) atoms. The number of benzene rings is 3. The molecule has 4 N–H and O–H groups in total. The van der Waals surface area contributed by atoms with Crippen molar-refractivity contribution < 1.29 is 37.7 Å². The molecule has 14 heteroatoms. The lowest BCUT2D eigenvalue weighted by Crippen LogP contribution is -2.72. The number of anilines is 1. The van der Waals surface area contributed by atoms with Gasteiger partial charge in [0.2, 0.25) is 11.8 Å². The van der Waals surface area contributed by atoms with E-state index in [1.54, 1.807) is 90.7 Å². The number of likely N-dealkylation sites (tertiary alicyclic amines) is 1. The number of amides is 2. The van der Waals surface area contributed by atoms with Crippen LogP contribution in [-0.2, 0) is 19.7 Å². The fraction of sp³-hybridized carbons (Fsp3) is 0.419. The maximum absolute atomic E-state index is 16.9. The molecule has 2 saturated heterocycles. The van der Waals surface area contributed by atoms with E-state index >= 15 is 22.8 Å². The molecule has 8 rings (SSSR count). The second-order valence-corrected chi connectivity index (χ2v) is 16.8. The molecule has 2 amide bonds. The Morgan fingerprint density at radius 1 is 1.00 bits per heavy atom. The van der Waals surface area contributed by atoms with Crippen molar-refractivity contribution in [2.24, 2.45) is 5.41 Å².